The number of carbonyl (C=O) groups excluding carboxylic acids is 1. The molecule has 0 saturated carbocycles. The van der Waals surface area contributed by atoms with Gasteiger partial charge in [-0.2, -0.15) is 0 Å². The van der Waals surface area contributed by atoms with Crippen molar-refractivity contribution < 1.29 is 9.53 Å². The third-order valence-corrected chi connectivity index (χ3v) is 6.96. The van der Waals surface area contributed by atoms with E-state index in [9.17, 15) is 4.79 Å². The number of methoxy groups -OCH3 is 1. The number of carbonyl (C=O) groups is 1. The summed E-state index contributed by atoms with van der Waals surface area (Å²) in [5, 5.41) is 4.19. The highest BCUT2D eigenvalue weighted by Crippen LogP contribution is 2.41. The van der Waals surface area contributed by atoms with Gasteiger partial charge < -0.3 is 19.5 Å². The molecule has 0 unspecified atom stereocenters. The lowest BCUT2D eigenvalue weighted by Crippen LogP contribution is -2.31. The molecule has 0 amide bonds. The third kappa shape index (κ3) is 4.57. The van der Waals surface area contributed by atoms with E-state index in [1.165, 1.54) is 35.3 Å². The average molecular weight is 477 g/mol. The van der Waals surface area contributed by atoms with E-state index in [1.807, 2.05) is 24.4 Å². The first-order valence-electron chi connectivity index (χ1n) is 11.8. The Kier molecular flexibility index (Phi) is 7.32. The molecule has 3 aromatic rings. The van der Waals surface area contributed by atoms with Gasteiger partial charge in [-0.15, -0.1) is 0 Å². The molecule has 1 aliphatic rings. The van der Waals surface area contributed by atoms with E-state index in [0.29, 0.717) is 24.5 Å². The Labute approximate surface area is 207 Å². The monoisotopic (exact) mass is 476 g/mol. The Balaban J connectivity index is 1.77. The largest absolute Gasteiger partial charge is 0.469 e. The first-order valence-corrected chi connectivity index (χ1v) is 12.2. The fourth-order valence-corrected chi connectivity index (χ4v) is 5.30. The van der Waals surface area contributed by atoms with Crippen LogP contribution in [-0.2, 0) is 16.0 Å². The standard InChI is InChI=1S/C27H32N4O2S/c1-5-20-11-6-7-13-23(20)31-18(2)17-21(19(31)3)26-25(22-12-8-9-15-28-22)29-27(34)30(26)16-10-14-24(32)33-4/h6-9,11-13,15,17,25-26H,5,10,14,16H2,1-4H3,(H,29,34)/t25-,26-/m1/s1. The number of nitrogens with one attached hydrogen (secondary N) is 1. The molecule has 34 heavy (non-hydrogen) atoms. The summed E-state index contributed by atoms with van der Waals surface area (Å²) in [4.78, 5) is 18.6. The highest BCUT2D eigenvalue weighted by Gasteiger charge is 2.41. The summed E-state index contributed by atoms with van der Waals surface area (Å²) in [6, 6.07) is 16.7. The normalized spacial score (nSPS) is 17.6. The van der Waals surface area contributed by atoms with Gasteiger partial charge in [-0.1, -0.05) is 31.2 Å². The van der Waals surface area contributed by atoms with E-state index in [-0.39, 0.29) is 18.1 Å². The number of aryl methyl sites for hydroxylation is 2. The molecule has 4 rings (SSSR count). The molecular weight excluding hydrogens is 444 g/mol. The summed E-state index contributed by atoms with van der Waals surface area (Å²) >= 11 is 5.78. The number of rotatable bonds is 8. The van der Waals surface area contributed by atoms with Crippen LogP contribution in [0.1, 0.15) is 60.1 Å². The lowest BCUT2D eigenvalue weighted by Gasteiger charge is -2.28. The van der Waals surface area contributed by atoms with Crippen LogP contribution >= 0.6 is 12.2 Å². The van der Waals surface area contributed by atoms with Crippen LogP contribution in [-0.4, -0.2) is 39.2 Å². The van der Waals surface area contributed by atoms with Gasteiger partial charge in [0.15, 0.2) is 5.11 Å². The van der Waals surface area contributed by atoms with E-state index in [1.54, 1.807) is 0 Å². The molecule has 1 N–H and O–H groups in total. The van der Waals surface area contributed by atoms with Crippen molar-refractivity contribution in [2.75, 3.05) is 13.7 Å². The highest BCUT2D eigenvalue weighted by molar-refractivity contribution is 7.80. The van der Waals surface area contributed by atoms with E-state index in [0.717, 1.165) is 12.1 Å². The predicted octanol–water partition coefficient (Wildman–Crippen LogP) is 4.98. The number of esters is 1. The minimum Gasteiger partial charge on any atom is -0.469 e. The summed E-state index contributed by atoms with van der Waals surface area (Å²) < 4.78 is 7.18. The number of para-hydroxylation sites is 1. The van der Waals surface area contributed by atoms with E-state index in [4.69, 9.17) is 17.0 Å². The second-order valence-electron chi connectivity index (χ2n) is 8.64. The highest BCUT2D eigenvalue weighted by atomic mass is 32.1. The van der Waals surface area contributed by atoms with E-state index < -0.39 is 0 Å². The van der Waals surface area contributed by atoms with Gasteiger partial charge in [0.1, 0.15) is 0 Å². The van der Waals surface area contributed by atoms with Gasteiger partial charge in [0, 0.05) is 36.2 Å². The molecule has 6 nitrogen and oxygen atoms in total. The lowest BCUT2D eigenvalue weighted by atomic mass is 9.96. The van der Waals surface area contributed by atoms with Crippen molar-refractivity contribution >= 4 is 23.3 Å². The van der Waals surface area contributed by atoms with Crippen LogP contribution in [0, 0.1) is 13.8 Å². The Morgan fingerprint density at radius 3 is 2.65 bits per heavy atom. The number of aromatic nitrogens is 2. The van der Waals surface area contributed by atoms with Crippen molar-refractivity contribution in [2.45, 2.75) is 52.1 Å². The molecule has 1 aliphatic heterocycles. The zero-order valence-corrected chi connectivity index (χ0v) is 21.1. The second-order valence-corrected chi connectivity index (χ2v) is 9.03. The van der Waals surface area contributed by atoms with Crippen LogP contribution in [0.5, 0.6) is 0 Å². The molecule has 2 aromatic heterocycles. The van der Waals surface area contributed by atoms with Crippen LogP contribution < -0.4 is 5.32 Å². The number of thiocarbonyl (C=S) groups is 1. The average Bonchev–Trinajstić information content (AvgIpc) is 3.34. The van der Waals surface area contributed by atoms with Crippen molar-refractivity contribution in [3.63, 3.8) is 0 Å². The van der Waals surface area contributed by atoms with Crippen molar-refractivity contribution in [1.82, 2.24) is 19.8 Å². The van der Waals surface area contributed by atoms with Gasteiger partial charge in [-0.05, 0) is 74.3 Å². The molecule has 7 heteroatoms. The van der Waals surface area contributed by atoms with Gasteiger partial charge in [0.05, 0.1) is 24.9 Å². The third-order valence-electron chi connectivity index (χ3n) is 6.61. The fourth-order valence-electron chi connectivity index (χ4n) is 4.97. The van der Waals surface area contributed by atoms with Crippen molar-refractivity contribution in [1.29, 1.82) is 0 Å². The summed E-state index contributed by atoms with van der Waals surface area (Å²) in [5.74, 6) is -0.203. The second kappa shape index (κ2) is 10.4. The molecule has 2 atom stereocenters. The zero-order chi connectivity index (χ0) is 24.2. The molecule has 3 heterocycles. The zero-order valence-electron chi connectivity index (χ0n) is 20.2. The number of ether oxygens (including phenoxy) is 1. The summed E-state index contributed by atoms with van der Waals surface area (Å²) in [6.07, 6.45) is 3.81. The first-order chi connectivity index (χ1) is 16.5. The number of hydrogen-bond acceptors (Lipinski definition) is 4. The maximum Gasteiger partial charge on any atom is 0.305 e. The molecular formula is C27H32N4O2S. The van der Waals surface area contributed by atoms with Gasteiger partial charge in [-0.3, -0.25) is 9.78 Å². The van der Waals surface area contributed by atoms with Gasteiger partial charge in [0.2, 0.25) is 0 Å². The quantitative estimate of drug-likeness (QED) is 0.366. The maximum absolute atomic E-state index is 11.7. The lowest BCUT2D eigenvalue weighted by molar-refractivity contribution is -0.140. The van der Waals surface area contributed by atoms with Crippen molar-refractivity contribution in [3.8, 4) is 5.69 Å². The molecule has 0 bridgehead atoms. The van der Waals surface area contributed by atoms with Crippen LogP contribution in [0.4, 0.5) is 0 Å². The smallest absolute Gasteiger partial charge is 0.305 e. The van der Waals surface area contributed by atoms with Crippen molar-refractivity contribution in [2.24, 2.45) is 0 Å². The van der Waals surface area contributed by atoms with Gasteiger partial charge in [-0.25, -0.2) is 0 Å². The van der Waals surface area contributed by atoms with Gasteiger partial charge >= 0.3 is 5.97 Å². The first kappa shape index (κ1) is 24.0. The number of pyridine rings is 1. The Morgan fingerprint density at radius 2 is 1.94 bits per heavy atom. The van der Waals surface area contributed by atoms with E-state index >= 15 is 0 Å². The Morgan fingerprint density at radius 1 is 1.18 bits per heavy atom. The summed E-state index contributed by atoms with van der Waals surface area (Å²) in [6.45, 7) is 7.18. The van der Waals surface area contributed by atoms with Crippen LogP contribution in [0.3, 0.4) is 0 Å². The Bertz CT molecular complexity index is 1170. The minimum atomic E-state index is -0.203. The molecule has 1 aromatic carbocycles. The topological polar surface area (TPSA) is 59.4 Å². The molecule has 178 valence electrons. The SMILES string of the molecule is CCc1ccccc1-n1c(C)cc([C@@H]2[C@@H](c3ccccn3)NC(=S)N2CCCC(=O)OC)c1C. The molecule has 0 aliphatic carbocycles. The number of nitrogens with zero attached hydrogens (tertiary/aromatic N) is 3. The minimum absolute atomic E-state index is 0.0335. The fraction of sp³-hybridized carbons (Fsp3) is 0.370. The van der Waals surface area contributed by atoms with Crippen LogP contribution in [0.25, 0.3) is 5.69 Å². The summed E-state index contributed by atoms with van der Waals surface area (Å²) in [7, 11) is 1.42. The molecule has 0 radical (unpaired) electrons. The van der Waals surface area contributed by atoms with Crippen LogP contribution in [0.2, 0.25) is 0 Å². The molecule has 1 fully saturated rings. The molecule has 0 spiro atoms. The Hall–Kier alpha value is -3.19. The maximum atomic E-state index is 11.7. The van der Waals surface area contributed by atoms with Crippen molar-refractivity contribution in [3.05, 3.63) is 82.9 Å². The van der Waals surface area contributed by atoms with Gasteiger partial charge in [0.25, 0.3) is 0 Å². The number of benzene rings is 1. The number of hydrogen-bond donors (Lipinski definition) is 1. The predicted molar refractivity (Wildman–Crippen MR) is 138 cm³/mol. The molecule has 1 saturated heterocycles. The van der Waals surface area contributed by atoms with E-state index in [2.05, 4.69) is 70.9 Å². The summed E-state index contributed by atoms with van der Waals surface area (Å²) in [5.41, 5.74) is 7.06. The van der Waals surface area contributed by atoms with Crippen LogP contribution in [0.15, 0.2) is 54.7 Å².